The van der Waals surface area contributed by atoms with Gasteiger partial charge in [0.05, 0.1) is 0 Å². The van der Waals surface area contributed by atoms with E-state index >= 15 is 0 Å². The molecule has 0 spiro atoms. The summed E-state index contributed by atoms with van der Waals surface area (Å²) in [4.78, 5) is 3.94. The molecular formula is C3BBr2NS. The Bertz CT molecular complexity index is 180. The molecule has 8 heavy (non-hydrogen) atoms. The molecule has 1 heterocycles. The molecule has 0 fully saturated rings. The molecule has 1 aromatic rings. The van der Waals surface area contributed by atoms with E-state index in [1.807, 2.05) is 0 Å². The Balaban J connectivity index is 3.14. The molecule has 1 aromatic heterocycles. The Morgan fingerprint density at radius 1 is 1.50 bits per heavy atom. The summed E-state index contributed by atoms with van der Waals surface area (Å²) in [6.07, 6.45) is 0. The minimum Gasteiger partial charge on any atom is -0.223 e. The fourth-order valence-corrected chi connectivity index (χ4v) is 2.21. The first-order valence-corrected chi connectivity index (χ1v) is 4.17. The summed E-state index contributed by atoms with van der Waals surface area (Å²) in [6.45, 7) is 0. The van der Waals surface area contributed by atoms with Gasteiger partial charge in [0.25, 0.3) is 0 Å². The quantitative estimate of drug-likeness (QED) is 0.637. The van der Waals surface area contributed by atoms with Gasteiger partial charge in [-0.1, -0.05) is 0 Å². The molecule has 1 rings (SSSR count). The van der Waals surface area contributed by atoms with Crippen molar-refractivity contribution in [2.24, 2.45) is 0 Å². The number of rotatable bonds is 0. The van der Waals surface area contributed by atoms with Gasteiger partial charge in [0, 0.05) is 0 Å². The van der Waals surface area contributed by atoms with E-state index in [1.165, 1.54) is 11.3 Å². The second-order valence-electron chi connectivity index (χ2n) is 1.12. The van der Waals surface area contributed by atoms with Gasteiger partial charge in [0.2, 0.25) is 0 Å². The Labute approximate surface area is 69.2 Å². The zero-order valence-electron chi connectivity index (χ0n) is 3.69. The SMILES string of the molecule is [B]c1sc(Br)nc1Br. The van der Waals surface area contributed by atoms with E-state index in [0.29, 0.717) is 4.78 Å². The minimum atomic E-state index is 0.705. The average Bonchev–Trinajstić information content (AvgIpc) is 1.85. The Morgan fingerprint density at radius 3 is 2.25 bits per heavy atom. The second-order valence-corrected chi connectivity index (χ2v) is 4.18. The average molecular weight is 253 g/mol. The molecule has 0 aliphatic heterocycles. The Hall–Kier alpha value is 0.655. The third-order valence-corrected chi connectivity index (χ3v) is 2.79. The van der Waals surface area contributed by atoms with Crippen LogP contribution in [0.3, 0.4) is 0 Å². The fraction of sp³-hybridized carbons (Fsp3) is 0. The van der Waals surface area contributed by atoms with Gasteiger partial charge >= 0.3 is 0 Å². The van der Waals surface area contributed by atoms with Crippen LogP contribution in [0.1, 0.15) is 0 Å². The highest BCUT2D eigenvalue weighted by atomic mass is 79.9. The molecule has 40 valence electrons. The highest BCUT2D eigenvalue weighted by molar-refractivity contribution is 9.11. The topological polar surface area (TPSA) is 12.9 Å². The third-order valence-electron chi connectivity index (χ3n) is 0.584. The van der Waals surface area contributed by atoms with Crippen molar-refractivity contribution in [1.29, 1.82) is 0 Å². The predicted octanol–water partition coefficient (Wildman–Crippen LogP) is 1.46. The molecule has 0 aromatic carbocycles. The maximum Gasteiger partial charge on any atom is 0.159 e. The summed E-state index contributed by atoms with van der Waals surface area (Å²) in [5.74, 6) is 0. The molecule has 0 atom stereocenters. The third kappa shape index (κ3) is 1.33. The van der Waals surface area contributed by atoms with E-state index in [1.54, 1.807) is 0 Å². The minimum absolute atomic E-state index is 0.705. The predicted molar refractivity (Wildman–Crippen MR) is 42.9 cm³/mol. The molecule has 1 nitrogen and oxygen atoms in total. The van der Waals surface area contributed by atoms with Crippen molar-refractivity contribution in [2.75, 3.05) is 0 Å². The highest BCUT2D eigenvalue weighted by Crippen LogP contribution is 2.16. The van der Waals surface area contributed by atoms with E-state index < -0.39 is 0 Å². The Morgan fingerprint density at radius 2 is 2.12 bits per heavy atom. The van der Waals surface area contributed by atoms with Crippen molar-refractivity contribution in [3.8, 4) is 0 Å². The monoisotopic (exact) mass is 251 g/mol. The zero-order chi connectivity index (χ0) is 6.15. The van der Waals surface area contributed by atoms with Crippen molar-refractivity contribution >= 4 is 55.8 Å². The van der Waals surface area contributed by atoms with Gasteiger partial charge in [0.15, 0.2) is 3.92 Å². The van der Waals surface area contributed by atoms with E-state index in [4.69, 9.17) is 7.85 Å². The van der Waals surface area contributed by atoms with Gasteiger partial charge in [0.1, 0.15) is 12.4 Å². The van der Waals surface area contributed by atoms with Gasteiger partial charge in [-0.2, -0.15) is 0 Å². The van der Waals surface area contributed by atoms with Crippen LogP contribution in [-0.4, -0.2) is 12.8 Å². The van der Waals surface area contributed by atoms with Crippen LogP contribution >= 0.6 is 43.2 Å². The molecule has 0 saturated heterocycles. The normalized spacial score (nSPS) is 9.75. The van der Waals surface area contributed by atoms with Gasteiger partial charge in [-0.05, 0) is 36.6 Å². The molecule has 5 heteroatoms. The van der Waals surface area contributed by atoms with E-state index in [0.717, 1.165) is 8.52 Å². The summed E-state index contributed by atoms with van der Waals surface area (Å²) in [6, 6.07) is 0. The number of halogens is 2. The maximum atomic E-state index is 5.42. The number of nitrogens with zero attached hydrogens (tertiary/aromatic N) is 1. The fourth-order valence-electron chi connectivity index (χ4n) is 0.288. The summed E-state index contributed by atoms with van der Waals surface area (Å²) < 4.78 is 2.23. The van der Waals surface area contributed by atoms with E-state index in [9.17, 15) is 0 Å². The van der Waals surface area contributed by atoms with Gasteiger partial charge < -0.3 is 0 Å². The first-order chi connectivity index (χ1) is 3.70. The first kappa shape index (κ1) is 6.77. The Kier molecular flexibility index (Phi) is 2.11. The molecule has 0 saturated carbocycles. The van der Waals surface area contributed by atoms with Crippen molar-refractivity contribution < 1.29 is 0 Å². The molecule has 0 amide bonds. The molecule has 0 aliphatic rings. The lowest BCUT2D eigenvalue weighted by molar-refractivity contribution is 1.34. The molecule has 0 bridgehead atoms. The van der Waals surface area contributed by atoms with Crippen LogP contribution in [0.15, 0.2) is 8.52 Å². The molecule has 0 N–H and O–H groups in total. The van der Waals surface area contributed by atoms with Crippen LogP contribution in [0.4, 0.5) is 0 Å². The second kappa shape index (κ2) is 2.50. The van der Waals surface area contributed by atoms with Gasteiger partial charge in [-0.3, -0.25) is 0 Å². The largest absolute Gasteiger partial charge is 0.223 e. The van der Waals surface area contributed by atoms with Crippen molar-refractivity contribution in [3.05, 3.63) is 8.52 Å². The van der Waals surface area contributed by atoms with Crippen LogP contribution in [0.2, 0.25) is 0 Å². The number of hydrogen-bond acceptors (Lipinski definition) is 2. The van der Waals surface area contributed by atoms with E-state index in [-0.39, 0.29) is 0 Å². The lowest BCUT2D eigenvalue weighted by Gasteiger charge is -1.75. The van der Waals surface area contributed by atoms with Gasteiger partial charge in [-0.25, -0.2) is 4.98 Å². The summed E-state index contributed by atoms with van der Waals surface area (Å²) in [7, 11) is 5.42. The summed E-state index contributed by atoms with van der Waals surface area (Å²) in [5.41, 5.74) is 0. The van der Waals surface area contributed by atoms with Crippen molar-refractivity contribution in [3.63, 3.8) is 0 Å². The standard InChI is InChI=1S/C3BBr2NS/c4-1-2(5)7-3(6)8-1. The highest BCUT2D eigenvalue weighted by Gasteiger charge is 1.98. The first-order valence-electron chi connectivity index (χ1n) is 1.77. The van der Waals surface area contributed by atoms with Crippen LogP contribution in [0.25, 0.3) is 0 Å². The molecule has 2 radical (unpaired) electrons. The van der Waals surface area contributed by atoms with Crippen molar-refractivity contribution in [1.82, 2.24) is 4.98 Å². The molecular weight excluding hydrogens is 253 g/mol. The smallest absolute Gasteiger partial charge is 0.159 e. The van der Waals surface area contributed by atoms with Crippen LogP contribution in [0, 0.1) is 0 Å². The van der Waals surface area contributed by atoms with Crippen molar-refractivity contribution in [2.45, 2.75) is 0 Å². The lowest BCUT2D eigenvalue weighted by atomic mass is 10.1. The lowest BCUT2D eigenvalue weighted by Crippen LogP contribution is -1.94. The molecule has 0 unspecified atom stereocenters. The van der Waals surface area contributed by atoms with Crippen LogP contribution < -0.4 is 4.78 Å². The molecule has 0 aliphatic carbocycles. The summed E-state index contributed by atoms with van der Waals surface area (Å²) >= 11 is 7.75. The number of thiazole rings is 1. The summed E-state index contributed by atoms with van der Waals surface area (Å²) in [5, 5.41) is 0. The maximum absolute atomic E-state index is 5.42. The van der Waals surface area contributed by atoms with Crippen LogP contribution in [0.5, 0.6) is 0 Å². The number of aromatic nitrogens is 1. The van der Waals surface area contributed by atoms with E-state index in [2.05, 4.69) is 36.8 Å². The zero-order valence-corrected chi connectivity index (χ0v) is 7.68. The van der Waals surface area contributed by atoms with Gasteiger partial charge in [-0.15, -0.1) is 11.3 Å². The van der Waals surface area contributed by atoms with Crippen LogP contribution in [-0.2, 0) is 0 Å². The number of hydrogen-bond donors (Lipinski definition) is 0.